The monoisotopic (exact) mass is 412 g/mol. The van der Waals surface area contributed by atoms with Crippen molar-refractivity contribution in [2.24, 2.45) is 0 Å². The van der Waals surface area contributed by atoms with Crippen molar-refractivity contribution in [2.75, 3.05) is 5.32 Å². The average molecular weight is 412 g/mol. The predicted octanol–water partition coefficient (Wildman–Crippen LogP) is 5.35. The fourth-order valence-corrected chi connectivity index (χ4v) is 4.62. The fraction of sp³-hybridized carbons (Fsp3) is 0.231. The lowest BCUT2D eigenvalue weighted by Gasteiger charge is -2.33. The Morgan fingerprint density at radius 3 is 2.65 bits per heavy atom. The Kier molecular flexibility index (Phi) is 4.74. The second-order valence-electron chi connectivity index (χ2n) is 8.22. The van der Waals surface area contributed by atoms with Gasteiger partial charge in [-0.25, -0.2) is 0 Å². The van der Waals surface area contributed by atoms with Crippen LogP contribution in [0, 0.1) is 6.92 Å². The van der Waals surface area contributed by atoms with Crippen LogP contribution >= 0.6 is 0 Å². The minimum absolute atomic E-state index is 0.0768. The van der Waals surface area contributed by atoms with E-state index in [1.54, 1.807) is 0 Å². The quantitative estimate of drug-likeness (QED) is 0.608. The lowest BCUT2D eigenvalue weighted by molar-refractivity contribution is -0.116. The first-order valence-corrected chi connectivity index (χ1v) is 10.6. The van der Waals surface area contributed by atoms with Gasteiger partial charge in [0.15, 0.2) is 5.78 Å². The summed E-state index contributed by atoms with van der Waals surface area (Å²) in [5, 5.41) is 7.35. The highest BCUT2D eigenvalue weighted by atomic mass is 16.3. The molecule has 0 saturated carbocycles. The number of anilines is 1. The van der Waals surface area contributed by atoms with E-state index in [1.165, 1.54) is 0 Å². The van der Waals surface area contributed by atoms with Crippen LogP contribution in [0.3, 0.4) is 0 Å². The number of fused-ring (bicyclic) bond motifs is 1. The summed E-state index contributed by atoms with van der Waals surface area (Å²) >= 11 is 0. The van der Waals surface area contributed by atoms with E-state index >= 15 is 0 Å². The molecule has 1 aromatic heterocycles. The molecular formula is C26H24N2O3. The topological polar surface area (TPSA) is 71.3 Å². The van der Waals surface area contributed by atoms with Crippen LogP contribution in [-0.2, 0) is 9.59 Å². The van der Waals surface area contributed by atoms with Crippen molar-refractivity contribution >= 4 is 28.3 Å². The van der Waals surface area contributed by atoms with Gasteiger partial charge in [-0.3, -0.25) is 9.59 Å². The summed E-state index contributed by atoms with van der Waals surface area (Å²) in [5.41, 5.74) is 5.33. The van der Waals surface area contributed by atoms with E-state index in [4.69, 9.17) is 4.42 Å². The van der Waals surface area contributed by atoms with Crippen LogP contribution in [0.15, 0.2) is 81.6 Å². The molecule has 5 rings (SSSR count). The van der Waals surface area contributed by atoms with Gasteiger partial charge < -0.3 is 15.1 Å². The number of dihydropyridines is 1. The number of hydrogen-bond donors (Lipinski definition) is 2. The lowest BCUT2D eigenvalue weighted by Crippen LogP contribution is -2.35. The number of amides is 1. The zero-order valence-corrected chi connectivity index (χ0v) is 17.6. The van der Waals surface area contributed by atoms with Crippen LogP contribution in [0.2, 0.25) is 0 Å². The highest BCUT2D eigenvalue weighted by molar-refractivity contribution is 6.10. The van der Waals surface area contributed by atoms with Crippen LogP contribution in [-0.4, -0.2) is 11.7 Å². The van der Waals surface area contributed by atoms with Crippen LogP contribution in [0.1, 0.15) is 43.4 Å². The summed E-state index contributed by atoms with van der Waals surface area (Å²) in [5.74, 6) is -0.0530. The van der Waals surface area contributed by atoms with Gasteiger partial charge in [0.1, 0.15) is 11.3 Å². The van der Waals surface area contributed by atoms with Crippen LogP contribution in [0.5, 0.6) is 0 Å². The highest BCUT2D eigenvalue weighted by Gasteiger charge is 2.40. The van der Waals surface area contributed by atoms with Crippen molar-refractivity contribution in [3.63, 3.8) is 0 Å². The number of furan rings is 1. The van der Waals surface area contributed by atoms with Crippen molar-refractivity contribution in [2.45, 2.75) is 39.0 Å². The van der Waals surface area contributed by atoms with Gasteiger partial charge in [-0.15, -0.1) is 0 Å². The van der Waals surface area contributed by atoms with E-state index in [1.807, 2.05) is 68.4 Å². The molecule has 156 valence electrons. The number of rotatable bonds is 3. The largest absolute Gasteiger partial charge is 0.460 e. The lowest BCUT2D eigenvalue weighted by atomic mass is 9.77. The van der Waals surface area contributed by atoms with Crippen molar-refractivity contribution in [1.82, 2.24) is 5.32 Å². The Bertz CT molecular complexity index is 1250. The molecule has 1 unspecified atom stereocenters. The zero-order chi connectivity index (χ0) is 21.5. The minimum Gasteiger partial charge on any atom is -0.460 e. The van der Waals surface area contributed by atoms with Gasteiger partial charge in [-0.1, -0.05) is 36.4 Å². The van der Waals surface area contributed by atoms with E-state index in [2.05, 4.69) is 10.6 Å². The van der Waals surface area contributed by atoms with Crippen molar-refractivity contribution in [1.29, 1.82) is 0 Å². The van der Waals surface area contributed by atoms with Crippen LogP contribution in [0.25, 0.3) is 11.0 Å². The van der Waals surface area contributed by atoms with Gasteiger partial charge in [-0.05, 0) is 50.5 Å². The molecule has 1 aliphatic heterocycles. The first-order chi connectivity index (χ1) is 15.0. The molecule has 3 aromatic rings. The minimum atomic E-state index is -0.527. The molecule has 2 N–H and O–H groups in total. The Morgan fingerprint density at radius 2 is 1.84 bits per heavy atom. The van der Waals surface area contributed by atoms with E-state index < -0.39 is 5.92 Å². The fourth-order valence-electron chi connectivity index (χ4n) is 4.62. The maximum absolute atomic E-state index is 13.5. The molecule has 2 aliphatic rings. The Balaban J connectivity index is 1.63. The number of benzene rings is 2. The summed E-state index contributed by atoms with van der Waals surface area (Å²) in [4.78, 5) is 26.5. The first-order valence-electron chi connectivity index (χ1n) is 10.6. The summed E-state index contributed by atoms with van der Waals surface area (Å²) in [6.45, 7) is 3.85. The second kappa shape index (κ2) is 7.58. The molecule has 2 heterocycles. The molecule has 1 aliphatic carbocycles. The smallest absolute Gasteiger partial charge is 0.254 e. The van der Waals surface area contributed by atoms with Gasteiger partial charge in [0.05, 0.1) is 11.5 Å². The third-order valence-electron chi connectivity index (χ3n) is 6.14. The number of hydrogen-bond acceptors (Lipinski definition) is 4. The number of ketones is 1. The van der Waals surface area contributed by atoms with Gasteiger partial charge in [0, 0.05) is 34.5 Å². The average Bonchev–Trinajstić information content (AvgIpc) is 3.18. The number of allylic oxidation sites excluding steroid dienone is 3. The molecule has 1 atom stereocenters. The Labute approximate surface area is 180 Å². The third kappa shape index (κ3) is 3.36. The van der Waals surface area contributed by atoms with E-state index in [9.17, 15) is 9.59 Å². The molecule has 0 bridgehead atoms. The van der Waals surface area contributed by atoms with E-state index in [0.717, 1.165) is 46.5 Å². The standard InChI is InChI=1S/C26H24N2O3/c1-15-8-3-5-10-18(15)28-26(30)23-16(2)27-19-11-7-12-20(29)24(19)25(23)22-14-17-9-4-6-13-21(17)31-22/h3-6,8-10,13-14,25,27H,7,11-12H2,1-2H3,(H,28,30). The maximum Gasteiger partial charge on any atom is 0.254 e. The molecule has 31 heavy (non-hydrogen) atoms. The number of nitrogens with one attached hydrogen (secondary N) is 2. The first kappa shape index (κ1) is 19.4. The second-order valence-corrected chi connectivity index (χ2v) is 8.22. The number of para-hydroxylation sites is 2. The molecule has 0 saturated heterocycles. The van der Waals surface area contributed by atoms with Crippen molar-refractivity contribution in [3.8, 4) is 0 Å². The van der Waals surface area contributed by atoms with Crippen LogP contribution in [0.4, 0.5) is 5.69 Å². The predicted molar refractivity (Wildman–Crippen MR) is 120 cm³/mol. The van der Waals surface area contributed by atoms with Crippen molar-refractivity contribution < 1.29 is 14.0 Å². The number of aryl methyl sites for hydroxylation is 1. The van der Waals surface area contributed by atoms with Gasteiger partial charge in [-0.2, -0.15) is 0 Å². The van der Waals surface area contributed by atoms with Crippen molar-refractivity contribution in [3.05, 3.63) is 88.5 Å². The van der Waals surface area contributed by atoms with Crippen LogP contribution < -0.4 is 10.6 Å². The van der Waals surface area contributed by atoms with E-state index in [0.29, 0.717) is 23.3 Å². The molecule has 5 heteroatoms. The summed E-state index contributed by atoms with van der Waals surface area (Å²) in [7, 11) is 0. The van der Waals surface area contributed by atoms with Gasteiger partial charge in [0.25, 0.3) is 5.91 Å². The molecular weight excluding hydrogens is 388 g/mol. The molecule has 0 spiro atoms. The highest BCUT2D eigenvalue weighted by Crippen LogP contribution is 2.43. The molecule has 1 amide bonds. The summed E-state index contributed by atoms with van der Waals surface area (Å²) in [6.07, 6.45) is 2.10. The SMILES string of the molecule is CC1=C(C(=O)Nc2ccccc2C)C(c2cc3ccccc3o2)C2=C(CCCC2=O)N1. The van der Waals surface area contributed by atoms with Gasteiger partial charge >= 0.3 is 0 Å². The maximum atomic E-state index is 13.5. The zero-order valence-electron chi connectivity index (χ0n) is 17.6. The van der Waals surface area contributed by atoms with E-state index in [-0.39, 0.29) is 11.7 Å². The molecule has 0 radical (unpaired) electrons. The summed E-state index contributed by atoms with van der Waals surface area (Å²) in [6, 6.07) is 17.4. The number of carbonyl (C=O) groups is 2. The molecule has 0 fully saturated rings. The summed E-state index contributed by atoms with van der Waals surface area (Å²) < 4.78 is 6.18. The number of carbonyl (C=O) groups excluding carboxylic acids is 2. The molecule has 2 aromatic carbocycles. The third-order valence-corrected chi connectivity index (χ3v) is 6.14. The van der Waals surface area contributed by atoms with Gasteiger partial charge in [0.2, 0.25) is 0 Å². The Morgan fingerprint density at radius 1 is 1.06 bits per heavy atom. The normalized spacial score (nSPS) is 18.8. The Hall–Kier alpha value is -3.60. The molecule has 5 nitrogen and oxygen atoms in total. The number of Topliss-reactive ketones (excluding diaryl/α,β-unsaturated/α-hetero) is 1.